The Morgan fingerprint density at radius 3 is 2.95 bits per heavy atom. The van der Waals surface area contributed by atoms with Crippen LogP contribution < -0.4 is 0 Å². The van der Waals surface area contributed by atoms with Gasteiger partial charge in [-0.25, -0.2) is 4.98 Å². The summed E-state index contributed by atoms with van der Waals surface area (Å²) in [6.45, 7) is 2.20. The number of hydrogen-bond acceptors (Lipinski definition) is 2. The molecule has 0 radical (unpaired) electrons. The van der Waals surface area contributed by atoms with Crippen molar-refractivity contribution >= 4 is 56.6 Å². The number of fused-ring (bicyclic) bond motifs is 1. The number of halogens is 2. The van der Waals surface area contributed by atoms with E-state index in [4.69, 9.17) is 11.6 Å². The first kappa shape index (κ1) is 13.4. The second-order valence-corrected chi connectivity index (χ2v) is 6.85. The van der Waals surface area contributed by atoms with Gasteiger partial charge in [-0.2, -0.15) is 0 Å². The molecule has 2 nitrogen and oxygen atoms in total. The highest BCUT2D eigenvalue weighted by molar-refractivity contribution is 14.1. The van der Waals surface area contributed by atoms with Gasteiger partial charge in [0.15, 0.2) is 0 Å². The Bertz CT molecular complexity index is 706. The Kier molecular flexibility index (Phi) is 3.82. The molecule has 0 aliphatic rings. The molecule has 0 amide bonds. The van der Waals surface area contributed by atoms with E-state index < -0.39 is 0 Å². The Hall–Kier alpha value is -0.590. The molecule has 0 saturated heterocycles. The third-order valence-corrected chi connectivity index (χ3v) is 5.14. The first-order valence-corrected chi connectivity index (χ1v) is 8.45. The second-order valence-electron chi connectivity index (χ2n) is 4.36. The van der Waals surface area contributed by atoms with E-state index in [0.29, 0.717) is 5.88 Å². The number of aromatic nitrogens is 2. The number of nitrogens with zero attached hydrogens (tertiary/aromatic N) is 2. The monoisotopic (exact) mass is 402 g/mol. The third-order valence-electron chi connectivity index (χ3n) is 3.19. The van der Waals surface area contributed by atoms with Crippen molar-refractivity contribution in [2.45, 2.75) is 18.8 Å². The third kappa shape index (κ3) is 2.41. The number of hydrogen-bond donors (Lipinski definition) is 0. The zero-order valence-electron chi connectivity index (χ0n) is 10.3. The molecule has 0 saturated carbocycles. The molecule has 0 aliphatic carbocycles. The van der Waals surface area contributed by atoms with Gasteiger partial charge in [0.05, 0.1) is 23.0 Å². The summed E-state index contributed by atoms with van der Waals surface area (Å²) in [5.74, 6) is 1.36. The van der Waals surface area contributed by atoms with Crippen LogP contribution in [0.15, 0.2) is 35.7 Å². The minimum absolute atomic E-state index is 0.263. The average molecular weight is 403 g/mol. The minimum Gasteiger partial charge on any atom is -0.319 e. The Morgan fingerprint density at radius 1 is 1.42 bits per heavy atom. The molecular weight excluding hydrogens is 391 g/mol. The molecule has 1 aromatic carbocycles. The second kappa shape index (κ2) is 5.42. The summed E-state index contributed by atoms with van der Waals surface area (Å²) in [5.41, 5.74) is 2.17. The average Bonchev–Trinajstić information content (AvgIpc) is 3.04. The van der Waals surface area contributed by atoms with E-state index in [9.17, 15) is 0 Å². The fraction of sp³-hybridized carbons (Fsp3) is 0.214. The lowest BCUT2D eigenvalue weighted by Gasteiger charge is -2.15. The van der Waals surface area contributed by atoms with Crippen molar-refractivity contribution in [1.29, 1.82) is 0 Å². The summed E-state index contributed by atoms with van der Waals surface area (Å²) in [5, 5.41) is 2.11. The van der Waals surface area contributed by atoms with E-state index in [1.807, 2.05) is 0 Å². The standard InChI is InChI=1S/C14H12ClIN2S/c1-9(13-3-2-6-19-13)18-12-5-4-10(16)7-11(12)17-14(18)8-15/h2-7,9H,8H2,1H3. The predicted octanol–water partition coefficient (Wildman–Crippen LogP) is 5.05. The molecule has 3 rings (SSSR count). The smallest absolute Gasteiger partial charge is 0.125 e. The van der Waals surface area contributed by atoms with Gasteiger partial charge in [0, 0.05) is 8.45 Å². The molecular formula is C14H12ClIN2S. The summed E-state index contributed by atoms with van der Waals surface area (Å²) in [4.78, 5) is 5.98. The van der Waals surface area contributed by atoms with Crippen molar-refractivity contribution in [3.63, 3.8) is 0 Å². The van der Waals surface area contributed by atoms with Gasteiger partial charge in [-0.15, -0.1) is 22.9 Å². The fourth-order valence-corrected chi connectivity index (χ4v) is 3.74. The highest BCUT2D eigenvalue weighted by Crippen LogP contribution is 2.29. The Morgan fingerprint density at radius 2 is 2.26 bits per heavy atom. The Labute approximate surface area is 134 Å². The molecule has 1 atom stereocenters. The van der Waals surface area contributed by atoms with Crippen LogP contribution in [0.3, 0.4) is 0 Å². The molecule has 5 heteroatoms. The number of alkyl halides is 1. The molecule has 19 heavy (non-hydrogen) atoms. The van der Waals surface area contributed by atoms with Gasteiger partial charge >= 0.3 is 0 Å². The molecule has 0 N–H and O–H groups in total. The van der Waals surface area contributed by atoms with Crippen molar-refractivity contribution in [2.24, 2.45) is 0 Å². The van der Waals surface area contributed by atoms with Gasteiger partial charge < -0.3 is 4.57 Å². The van der Waals surface area contributed by atoms with Crippen LogP contribution in [0.1, 0.15) is 23.7 Å². The summed E-state index contributed by atoms with van der Waals surface area (Å²) < 4.78 is 3.43. The van der Waals surface area contributed by atoms with Crippen LogP contribution >= 0.6 is 45.5 Å². The van der Waals surface area contributed by atoms with Gasteiger partial charge in [-0.3, -0.25) is 0 Å². The maximum absolute atomic E-state index is 6.07. The first-order valence-electron chi connectivity index (χ1n) is 5.96. The molecule has 0 spiro atoms. The predicted molar refractivity (Wildman–Crippen MR) is 90.1 cm³/mol. The van der Waals surface area contributed by atoms with E-state index >= 15 is 0 Å². The highest BCUT2D eigenvalue weighted by atomic mass is 127. The van der Waals surface area contributed by atoms with Crippen LogP contribution in [0.5, 0.6) is 0 Å². The lowest BCUT2D eigenvalue weighted by molar-refractivity contribution is 0.644. The van der Waals surface area contributed by atoms with Crippen molar-refractivity contribution in [3.05, 3.63) is 50.0 Å². The number of imidazole rings is 1. The van der Waals surface area contributed by atoms with Gasteiger partial charge in [-0.1, -0.05) is 6.07 Å². The van der Waals surface area contributed by atoms with Crippen LogP contribution in [-0.4, -0.2) is 9.55 Å². The molecule has 3 aromatic rings. The van der Waals surface area contributed by atoms with Crippen molar-refractivity contribution in [2.75, 3.05) is 0 Å². The minimum atomic E-state index is 0.263. The van der Waals surface area contributed by atoms with Crippen molar-refractivity contribution in [3.8, 4) is 0 Å². The lowest BCUT2D eigenvalue weighted by Crippen LogP contribution is -2.08. The van der Waals surface area contributed by atoms with Crippen LogP contribution in [0, 0.1) is 3.57 Å². The summed E-state index contributed by atoms with van der Waals surface area (Å²) >= 11 is 10.1. The van der Waals surface area contributed by atoms with E-state index in [1.54, 1.807) is 11.3 Å². The van der Waals surface area contributed by atoms with E-state index in [1.165, 1.54) is 8.45 Å². The largest absolute Gasteiger partial charge is 0.319 e. The normalized spacial score (nSPS) is 13.0. The van der Waals surface area contributed by atoms with Gasteiger partial charge in [0.2, 0.25) is 0 Å². The maximum Gasteiger partial charge on any atom is 0.125 e. The molecule has 2 heterocycles. The molecule has 2 aromatic heterocycles. The number of rotatable bonds is 3. The van der Waals surface area contributed by atoms with Crippen LogP contribution in [-0.2, 0) is 5.88 Å². The van der Waals surface area contributed by atoms with Gasteiger partial charge in [0.25, 0.3) is 0 Å². The van der Waals surface area contributed by atoms with E-state index in [-0.39, 0.29) is 6.04 Å². The van der Waals surface area contributed by atoms with Crippen molar-refractivity contribution in [1.82, 2.24) is 9.55 Å². The molecule has 98 valence electrons. The fourth-order valence-electron chi connectivity index (χ4n) is 2.30. The highest BCUT2D eigenvalue weighted by Gasteiger charge is 2.17. The zero-order valence-corrected chi connectivity index (χ0v) is 14.0. The molecule has 1 unspecified atom stereocenters. The first-order chi connectivity index (χ1) is 9.20. The number of benzene rings is 1. The zero-order chi connectivity index (χ0) is 13.4. The van der Waals surface area contributed by atoms with Crippen molar-refractivity contribution < 1.29 is 0 Å². The van der Waals surface area contributed by atoms with Crippen LogP contribution in [0.4, 0.5) is 0 Å². The lowest BCUT2D eigenvalue weighted by atomic mass is 10.2. The quantitative estimate of drug-likeness (QED) is 0.443. The topological polar surface area (TPSA) is 17.8 Å². The number of thiophene rings is 1. The van der Waals surface area contributed by atoms with Gasteiger partial charge in [0.1, 0.15) is 5.82 Å². The summed E-state index contributed by atoms with van der Waals surface area (Å²) in [6, 6.07) is 10.8. The van der Waals surface area contributed by atoms with Gasteiger partial charge in [-0.05, 0) is 59.2 Å². The van der Waals surface area contributed by atoms with Crippen LogP contribution in [0.25, 0.3) is 11.0 Å². The van der Waals surface area contributed by atoms with Crippen LogP contribution in [0.2, 0.25) is 0 Å². The molecule has 0 aliphatic heterocycles. The summed E-state index contributed by atoms with van der Waals surface area (Å²) in [7, 11) is 0. The SMILES string of the molecule is CC(c1cccs1)n1c(CCl)nc2cc(I)ccc21. The molecule has 0 bridgehead atoms. The van der Waals surface area contributed by atoms with E-state index in [2.05, 4.69) is 74.8 Å². The molecule has 0 fully saturated rings. The Balaban J connectivity index is 2.21. The maximum atomic E-state index is 6.07. The van der Waals surface area contributed by atoms with E-state index in [0.717, 1.165) is 16.9 Å². The summed E-state index contributed by atoms with van der Waals surface area (Å²) in [6.07, 6.45) is 0.